The van der Waals surface area contributed by atoms with Crippen LogP contribution in [0.4, 0.5) is 5.69 Å². The topological polar surface area (TPSA) is 85.5 Å². The van der Waals surface area contributed by atoms with Gasteiger partial charge in [0.05, 0.1) is 16.1 Å². The molecule has 0 fully saturated rings. The van der Waals surface area contributed by atoms with Crippen LogP contribution in [-0.2, 0) is 11.3 Å². The molecule has 31 heavy (non-hydrogen) atoms. The van der Waals surface area contributed by atoms with Crippen LogP contribution in [0.15, 0.2) is 70.6 Å². The van der Waals surface area contributed by atoms with Crippen LogP contribution >= 0.6 is 22.9 Å². The number of aromatic nitrogens is 2. The molecule has 0 N–H and O–H groups in total. The third kappa shape index (κ3) is 4.65. The zero-order valence-corrected chi connectivity index (χ0v) is 17.9. The highest BCUT2D eigenvalue weighted by molar-refractivity contribution is 7.12. The van der Waals surface area contributed by atoms with Crippen molar-refractivity contribution in [1.29, 1.82) is 0 Å². The number of hydrogen-bond acceptors (Lipinski definition) is 7. The lowest BCUT2D eigenvalue weighted by molar-refractivity contribution is 0.0430. The Bertz CT molecular complexity index is 1210. The summed E-state index contributed by atoms with van der Waals surface area (Å²) in [5.41, 5.74) is 1.43. The summed E-state index contributed by atoms with van der Waals surface area (Å²) in [6, 6.07) is 17.2. The maximum atomic E-state index is 12.7. The van der Waals surface area contributed by atoms with Gasteiger partial charge >= 0.3 is 5.97 Å². The van der Waals surface area contributed by atoms with Crippen LogP contribution in [0.5, 0.6) is 0 Å². The Morgan fingerprint density at radius 2 is 1.87 bits per heavy atom. The monoisotopic (exact) mass is 453 g/mol. The van der Waals surface area contributed by atoms with Crippen LogP contribution in [-0.4, -0.2) is 29.1 Å². The zero-order valence-electron chi connectivity index (χ0n) is 16.3. The number of ether oxygens (including phenoxy) is 1. The SMILES string of the molecule is CN(C(=O)c1cccs1)c1ccccc1C(=O)OCc1nc(-c2ccc(Cl)cc2)no1. The molecule has 0 bridgehead atoms. The van der Waals surface area contributed by atoms with Gasteiger partial charge in [-0.2, -0.15) is 4.98 Å². The van der Waals surface area contributed by atoms with E-state index in [1.54, 1.807) is 67.7 Å². The number of halogens is 1. The molecule has 156 valence electrons. The fraction of sp³-hybridized carbons (Fsp3) is 0.0909. The number of amides is 1. The standard InChI is InChI=1S/C22H16ClN3O4S/c1-26(21(27)18-7-4-12-31-18)17-6-3-2-5-16(17)22(28)29-13-19-24-20(25-30-19)14-8-10-15(23)11-9-14/h2-12H,13H2,1H3. The van der Waals surface area contributed by atoms with Gasteiger partial charge in [0.1, 0.15) is 0 Å². The number of nitrogens with zero attached hydrogens (tertiary/aromatic N) is 3. The number of esters is 1. The van der Waals surface area contributed by atoms with Gasteiger partial charge in [-0.15, -0.1) is 11.3 Å². The van der Waals surface area contributed by atoms with E-state index in [0.29, 0.717) is 21.4 Å². The first-order valence-corrected chi connectivity index (χ1v) is 10.4. The van der Waals surface area contributed by atoms with E-state index in [0.717, 1.165) is 5.56 Å². The molecule has 0 aliphatic carbocycles. The van der Waals surface area contributed by atoms with Crippen molar-refractivity contribution in [3.8, 4) is 11.4 Å². The van der Waals surface area contributed by atoms with Crippen LogP contribution in [0.1, 0.15) is 25.9 Å². The van der Waals surface area contributed by atoms with Crippen LogP contribution in [0.2, 0.25) is 5.02 Å². The Balaban J connectivity index is 1.46. The van der Waals surface area contributed by atoms with Gasteiger partial charge in [0.25, 0.3) is 11.8 Å². The lowest BCUT2D eigenvalue weighted by atomic mass is 10.1. The summed E-state index contributed by atoms with van der Waals surface area (Å²) in [6.45, 7) is -0.198. The molecule has 0 radical (unpaired) electrons. The minimum atomic E-state index is -0.604. The quantitative estimate of drug-likeness (QED) is 0.378. The van der Waals surface area contributed by atoms with Crippen molar-refractivity contribution < 1.29 is 18.8 Å². The summed E-state index contributed by atoms with van der Waals surface area (Å²) in [5.74, 6) is -0.296. The Hall–Kier alpha value is -3.49. The van der Waals surface area contributed by atoms with E-state index in [-0.39, 0.29) is 24.0 Å². The maximum Gasteiger partial charge on any atom is 0.340 e. The van der Waals surface area contributed by atoms with Gasteiger partial charge < -0.3 is 14.2 Å². The van der Waals surface area contributed by atoms with E-state index in [4.69, 9.17) is 20.9 Å². The largest absolute Gasteiger partial charge is 0.452 e. The number of anilines is 1. The molecule has 0 spiro atoms. The van der Waals surface area contributed by atoms with Gasteiger partial charge in [-0.05, 0) is 47.8 Å². The van der Waals surface area contributed by atoms with Crippen LogP contribution < -0.4 is 4.90 Å². The van der Waals surface area contributed by atoms with Crippen molar-refractivity contribution in [2.45, 2.75) is 6.61 Å². The summed E-state index contributed by atoms with van der Waals surface area (Å²) in [7, 11) is 1.62. The average Bonchev–Trinajstić information content (AvgIpc) is 3.49. The first-order valence-electron chi connectivity index (χ1n) is 9.19. The molecule has 2 heterocycles. The number of rotatable bonds is 6. The number of benzene rings is 2. The Labute approximate surface area is 186 Å². The Morgan fingerprint density at radius 3 is 2.61 bits per heavy atom. The second kappa shape index (κ2) is 9.11. The number of hydrogen-bond donors (Lipinski definition) is 0. The molecule has 4 aromatic rings. The van der Waals surface area contributed by atoms with Gasteiger partial charge in [-0.1, -0.05) is 35.0 Å². The van der Waals surface area contributed by atoms with Crippen molar-refractivity contribution in [3.63, 3.8) is 0 Å². The molecule has 4 rings (SSSR count). The van der Waals surface area contributed by atoms with E-state index < -0.39 is 5.97 Å². The molecule has 2 aromatic carbocycles. The average molecular weight is 454 g/mol. The van der Waals surface area contributed by atoms with Crippen molar-refractivity contribution in [2.75, 3.05) is 11.9 Å². The highest BCUT2D eigenvalue weighted by Crippen LogP contribution is 2.24. The summed E-state index contributed by atoms with van der Waals surface area (Å²) >= 11 is 7.22. The van der Waals surface area contributed by atoms with Crippen molar-refractivity contribution in [1.82, 2.24) is 10.1 Å². The van der Waals surface area contributed by atoms with Gasteiger partial charge in [0, 0.05) is 17.6 Å². The first-order chi connectivity index (χ1) is 15.0. The first kappa shape index (κ1) is 20.8. The summed E-state index contributed by atoms with van der Waals surface area (Å²) in [6.07, 6.45) is 0. The maximum absolute atomic E-state index is 12.7. The molecule has 9 heteroatoms. The lowest BCUT2D eigenvalue weighted by Gasteiger charge is -2.19. The zero-order chi connectivity index (χ0) is 21.8. The minimum Gasteiger partial charge on any atom is -0.452 e. The fourth-order valence-corrected chi connectivity index (χ4v) is 3.67. The van der Waals surface area contributed by atoms with Crippen LogP contribution in [0.25, 0.3) is 11.4 Å². The third-order valence-corrected chi connectivity index (χ3v) is 5.53. The van der Waals surface area contributed by atoms with Gasteiger partial charge in [-0.3, -0.25) is 4.79 Å². The van der Waals surface area contributed by atoms with E-state index in [1.165, 1.54) is 16.2 Å². The van der Waals surface area contributed by atoms with Gasteiger partial charge in [-0.25, -0.2) is 4.79 Å². The predicted octanol–water partition coefficient (Wildman–Crippen LogP) is 5.09. The van der Waals surface area contributed by atoms with E-state index in [1.807, 2.05) is 5.38 Å². The number of para-hydroxylation sites is 1. The number of carbonyl (C=O) groups excluding carboxylic acids is 2. The second-order valence-electron chi connectivity index (χ2n) is 6.45. The smallest absolute Gasteiger partial charge is 0.340 e. The predicted molar refractivity (Wildman–Crippen MR) is 117 cm³/mol. The highest BCUT2D eigenvalue weighted by Gasteiger charge is 2.21. The molecular formula is C22H16ClN3O4S. The van der Waals surface area contributed by atoms with Crippen molar-refractivity contribution in [3.05, 3.63) is 87.4 Å². The van der Waals surface area contributed by atoms with E-state index >= 15 is 0 Å². The number of thiophene rings is 1. The molecule has 0 aliphatic rings. The molecule has 2 aromatic heterocycles. The fourth-order valence-electron chi connectivity index (χ4n) is 2.85. The van der Waals surface area contributed by atoms with Crippen molar-refractivity contribution >= 4 is 40.5 Å². The molecule has 1 amide bonds. The molecule has 0 unspecified atom stereocenters. The molecule has 0 saturated carbocycles. The minimum absolute atomic E-state index is 0.152. The second-order valence-corrected chi connectivity index (χ2v) is 7.84. The summed E-state index contributed by atoms with van der Waals surface area (Å²) in [5, 5.41) is 6.31. The normalized spacial score (nSPS) is 10.6. The third-order valence-electron chi connectivity index (χ3n) is 4.42. The van der Waals surface area contributed by atoms with E-state index in [2.05, 4.69) is 10.1 Å². The van der Waals surface area contributed by atoms with E-state index in [9.17, 15) is 9.59 Å². The van der Waals surface area contributed by atoms with Crippen molar-refractivity contribution in [2.24, 2.45) is 0 Å². The highest BCUT2D eigenvalue weighted by atomic mass is 35.5. The molecule has 0 atom stereocenters. The molecular weight excluding hydrogens is 438 g/mol. The van der Waals surface area contributed by atoms with Crippen LogP contribution in [0, 0.1) is 0 Å². The lowest BCUT2D eigenvalue weighted by Crippen LogP contribution is -2.27. The molecule has 7 nitrogen and oxygen atoms in total. The molecule has 0 aliphatic heterocycles. The molecule has 0 saturated heterocycles. The summed E-state index contributed by atoms with van der Waals surface area (Å²) in [4.78, 5) is 31.6. The summed E-state index contributed by atoms with van der Waals surface area (Å²) < 4.78 is 10.5. The Morgan fingerprint density at radius 1 is 1.10 bits per heavy atom. The van der Waals surface area contributed by atoms with Crippen LogP contribution in [0.3, 0.4) is 0 Å². The van der Waals surface area contributed by atoms with Gasteiger partial charge in [0.15, 0.2) is 6.61 Å². The van der Waals surface area contributed by atoms with Gasteiger partial charge in [0.2, 0.25) is 5.82 Å². The number of carbonyl (C=O) groups is 2. The Kier molecular flexibility index (Phi) is 6.11.